The van der Waals surface area contributed by atoms with Crippen molar-refractivity contribution in [2.75, 3.05) is 18.5 Å². The molecule has 0 spiro atoms. The zero-order valence-corrected chi connectivity index (χ0v) is 20.4. The molecule has 2 aliphatic rings. The Morgan fingerprint density at radius 1 is 1.20 bits per heavy atom. The monoisotopic (exact) mass is 492 g/mol. The van der Waals surface area contributed by atoms with Gasteiger partial charge in [-0.25, -0.2) is 9.97 Å². The number of hydrogen-bond acceptors (Lipinski definition) is 6. The van der Waals surface area contributed by atoms with Gasteiger partial charge in [-0.3, -0.25) is 4.79 Å². The van der Waals surface area contributed by atoms with Crippen LogP contribution < -0.4 is 10.6 Å². The zero-order valence-electron chi connectivity index (χ0n) is 20.4. The molecule has 190 valence electrons. The lowest BCUT2D eigenvalue weighted by molar-refractivity contribution is -0.176. The maximum absolute atomic E-state index is 13.5. The fourth-order valence-electron chi connectivity index (χ4n) is 4.28. The molecule has 35 heavy (non-hydrogen) atoms. The van der Waals surface area contributed by atoms with Crippen molar-refractivity contribution in [3.63, 3.8) is 0 Å². The number of carbonyl (C=O) groups excluding carboxylic acids is 1. The molecule has 2 N–H and O–H groups in total. The Bertz CT molecular complexity index is 1100. The van der Waals surface area contributed by atoms with Crippen LogP contribution in [0.5, 0.6) is 0 Å². The van der Waals surface area contributed by atoms with Crippen molar-refractivity contribution in [1.82, 2.24) is 15.3 Å². The Hall–Kier alpha value is -2.72. The summed E-state index contributed by atoms with van der Waals surface area (Å²) in [6.45, 7) is 7.96. The second-order valence-electron chi connectivity index (χ2n) is 9.57. The summed E-state index contributed by atoms with van der Waals surface area (Å²) in [6, 6.07) is 3.61. The molecule has 2 fully saturated rings. The van der Waals surface area contributed by atoms with Crippen LogP contribution in [-0.2, 0) is 22.1 Å². The molecule has 0 bridgehead atoms. The molecule has 1 unspecified atom stereocenters. The van der Waals surface area contributed by atoms with Gasteiger partial charge in [-0.1, -0.05) is 12.1 Å². The number of aromatic nitrogens is 2. The second-order valence-corrected chi connectivity index (χ2v) is 9.57. The minimum atomic E-state index is -4.45. The van der Waals surface area contributed by atoms with Crippen LogP contribution in [0, 0.1) is 13.8 Å². The summed E-state index contributed by atoms with van der Waals surface area (Å²) in [7, 11) is 0. The van der Waals surface area contributed by atoms with Crippen molar-refractivity contribution in [2.45, 2.75) is 77.4 Å². The molecule has 4 rings (SSSR count). The largest absolute Gasteiger partial charge is 0.416 e. The van der Waals surface area contributed by atoms with Crippen LogP contribution in [0.3, 0.4) is 0 Å². The first-order valence-electron chi connectivity index (χ1n) is 11.8. The first-order valence-corrected chi connectivity index (χ1v) is 11.8. The van der Waals surface area contributed by atoms with E-state index >= 15 is 0 Å². The van der Waals surface area contributed by atoms with Crippen molar-refractivity contribution in [2.24, 2.45) is 0 Å². The molecule has 1 aromatic carbocycles. The Morgan fingerprint density at radius 3 is 2.51 bits per heavy atom. The van der Waals surface area contributed by atoms with Crippen molar-refractivity contribution < 1.29 is 27.4 Å². The highest BCUT2D eigenvalue weighted by molar-refractivity contribution is 5.95. The second kappa shape index (κ2) is 9.73. The zero-order chi connectivity index (χ0) is 25.4. The van der Waals surface area contributed by atoms with Gasteiger partial charge < -0.3 is 20.1 Å². The highest BCUT2D eigenvalue weighted by atomic mass is 19.4. The highest BCUT2D eigenvalue weighted by Crippen LogP contribution is 2.37. The molecule has 0 radical (unpaired) electrons. The predicted molar refractivity (Wildman–Crippen MR) is 124 cm³/mol. The Morgan fingerprint density at radius 2 is 1.89 bits per heavy atom. The summed E-state index contributed by atoms with van der Waals surface area (Å²) < 4.78 is 51.8. The van der Waals surface area contributed by atoms with E-state index in [1.807, 2.05) is 6.92 Å². The van der Waals surface area contributed by atoms with E-state index < -0.39 is 24.1 Å². The smallest absolute Gasteiger partial charge is 0.363 e. The van der Waals surface area contributed by atoms with Crippen LogP contribution in [-0.4, -0.2) is 40.9 Å². The van der Waals surface area contributed by atoms with E-state index in [1.165, 1.54) is 13.0 Å². The number of alkyl halides is 3. The third kappa shape index (κ3) is 5.92. The van der Waals surface area contributed by atoms with Crippen LogP contribution in [0.2, 0.25) is 0 Å². The van der Waals surface area contributed by atoms with Gasteiger partial charge in [0.15, 0.2) is 6.29 Å². The molecule has 1 saturated carbocycles. The lowest BCUT2D eigenvalue weighted by atomic mass is 9.97. The number of carbonyl (C=O) groups is 1. The van der Waals surface area contributed by atoms with Crippen molar-refractivity contribution in [3.8, 4) is 0 Å². The lowest BCUT2D eigenvalue weighted by Crippen LogP contribution is -2.36. The predicted octanol–water partition coefficient (Wildman–Crippen LogP) is 4.87. The number of aryl methyl sites for hydroxylation is 1. The molecule has 1 saturated heterocycles. The minimum Gasteiger partial charge on any atom is -0.363 e. The number of halogens is 3. The van der Waals surface area contributed by atoms with E-state index in [4.69, 9.17) is 9.47 Å². The fourth-order valence-corrected chi connectivity index (χ4v) is 4.28. The number of benzene rings is 1. The van der Waals surface area contributed by atoms with Crippen LogP contribution in [0.1, 0.15) is 77.7 Å². The first kappa shape index (κ1) is 25.4. The van der Waals surface area contributed by atoms with Gasteiger partial charge in [-0.05, 0) is 64.2 Å². The van der Waals surface area contributed by atoms with Gasteiger partial charge in [-0.2, -0.15) is 13.2 Å². The molecule has 1 atom stereocenters. The molecule has 1 aliphatic carbocycles. The molecule has 2 heterocycles. The van der Waals surface area contributed by atoms with Gasteiger partial charge in [0, 0.05) is 17.5 Å². The van der Waals surface area contributed by atoms with Crippen molar-refractivity contribution in [3.05, 3.63) is 52.0 Å². The molecular weight excluding hydrogens is 461 g/mol. The van der Waals surface area contributed by atoms with E-state index in [1.54, 1.807) is 19.9 Å². The normalized spacial score (nSPS) is 18.7. The summed E-state index contributed by atoms with van der Waals surface area (Å²) in [5.74, 6) is 0.443. The molecule has 1 amide bonds. The average molecular weight is 493 g/mol. The first-order chi connectivity index (χ1) is 16.5. The standard InChI is InChI=1S/C25H31F3N4O3/c1-14-17(7-5-8-19(14)25(26,27)28)15(2)29-22-18(13-20-34-11-6-12-35-20)21(30-16(3)31-22)23(33)32-24(4)9-10-24/h5,7-8,15,20H,6,9-13H2,1-4H3,(H,32,33)(H,29,30,31). The van der Waals surface area contributed by atoms with Gasteiger partial charge >= 0.3 is 6.18 Å². The third-order valence-corrected chi connectivity index (χ3v) is 6.52. The summed E-state index contributed by atoms with van der Waals surface area (Å²) in [5.41, 5.74) is 0.444. The molecule has 2 aromatic rings. The molecular formula is C25H31F3N4O3. The number of anilines is 1. The van der Waals surface area contributed by atoms with Gasteiger partial charge in [-0.15, -0.1) is 0 Å². The van der Waals surface area contributed by atoms with Gasteiger partial charge in [0.1, 0.15) is 17.3 Å². The Balaban J connectivity index is 1.69. The van der Waals surface area contributed by atoms with Crippen molar-refractivity contribution >= 4 is 11.7 Å². The number of nitrogens with one attached hydrogen (secondary N) is 2. The molecule has 1 aliphatic heterocycles. The van der Waals surface area contributed by atoms with Crippen LogP contribution in [0.4, 0.5) is 19.0 Å². The van der Waals surface area contributed by atoms with Gasteiger partial charge in [0.25, 0.3) is 5.91 Å². The molecule has 10 heteroatoms. The quantitative estimate of drug-likeness (QED) is 0.574. The number of amides is 1. The van der Waals surface area contributed by atoms with Crippen LogP contribution >= 0.6 is 0 Å². The maximum atomic E-state index is 13.5. The summed E-state index contributed by atoms with van der Waals surface area (Å²) in [5, 5.41) is 6.27. The molecule has 1 aromatic heterocycles. The topological polar surface area (TPSA) is 85.4 Å². The van der Waals surface area contributed by atoms with Gasteiger partial charge in [0.2, 0.25) is 0 Å². The lowest BCUT2D eigenvalue weighted by Gasteiger charge is -2.26. The van der Waals surface area contributed by atoms with E-state index in [-0.39, 0.29) is 29.1 Å². The molecule has 7 nitrogen and oxygen atoms in total. The van der Waals surface area contributed by atoms with E-state index in [2.05, 4.69) is 20.6 Å². The number of hydrogen-bond donors (Lipinski definition) is 2. The fraction of sp³-hybridized carbons (Fsp3) is 0.560. The number of ether oxygens (including phenoxy) is 2. The number of rotatable bonds is 7. The van der Waals surface area contributed by atoms with Crippen molar-refractivity contribution in [1.29, 1.82) is 0 Å². The average Bonchev–Trinajstić information content (AvgIpc) is 3.51. The summed E-state index contributed by atoms with van der Waals surface area (Å²) in [4.78, 5) is 22.2. The Labute approximate surface area is 202 Å². The van der Waals surface area contributed by atoms with E-state index in [0.717, 1.165) is 25.3 Å². The third-order valence-electron chi connectivity index (χ3n) is 6.52. The summed E-state index contributed by atoms with van der Waals surface area (Å²) in [6.07, 6.45) is -2.21. The summed E-state index contributed by atoms with van der Waals surface area (Å²) >= 11 is 0. The van der Waals surface area contributed by atoms with E-state index in [9.17, 15) is 18.0 Å². The van der Waals surface area contributed by atoms with Gasteiger partial charge in [0.05, 0.1) is 24.8 Å². The minimum absolute atomic E-state index is 0.144. The van der Waals surface area contributed by atoms with Crippen LogP contribution in [0.25, 0.3) is 0 Å². The SMILES string of the molecule is Cc1nc(NC(C)c2cccc(C(F)(F)F)c2C)c(CC2OCCCO2)c(C(=O)NC2(C)CC2)n1. The highest BCUT2D eigenvalue weighted by Gasteiger charge is 2.40. The van der Waals surface area contributed by atoms with Crippen LogP contribution in [0.15, 0.2) is 18.2 Å². The van der Waals surface area contributed by atoms with E-state index in [0.29, 0.717) is 36.0 Å². The Kier molecular flexibility index (Phi) is 7.06. The number of nitrogens with zero attached hydrogens (tertiary/aromatic N) is 2. The maximum Gasteiger partial charge on any atom is 0.416 e.